The van der Waals surface area contributed by atoms with Gasteiger partial charge in [0.05, 0.1) is 25.5 Å². The molecule has 0 aliphatic rings. The zero-order valence-corrected chi connectivity index (χ0v) is 18.5. The van der Waals surface area contributed by atoms with Gasteiger partial charge in [0, 0.05) is 5.38 Å². The van der Waals surface area contributed by atoms with Crippen LogP contribution in [0.15, 0.2) is 40.8 Å². The van der Waals surface area contributed by atoms with E-state index in [0.29, 0.717) is 17.6 Å². The standard InChI is InChI=1S/C16H18N6OS.2BrH/c1-10-18-8-13(20-10)14-9-24-16(21-14)22-15(17)19-7-11-3-5-12(23-2)6-4-11;;/h3-6,8-9H,7H2,1-2H3,(H,18,20)(H3,17,19,21,22);2*1H. The molecule has 0 aliphatic carbocycles. The number of nitrogens with two attached hydrogens (primary N) is 1. The number of imidazole rings is 1. The molecule has 26 heavy (non-hydrogen) atoms. The Hall–Kier alpha value is -1.91. The summed E-state index contributed by atoms with van der Waals surface area (Å²) in [6, 6.07) is 7.71. The van der Waals surface area contributed by atoms with Gasteiger partial charge in [-0.25, -0.2) is 15.0 Å². The van der Waals surface area contributed by atoms with E-state index < -0.39 is 0 Å². The van der Waals surface area contributed by atoms with Crippen LogP contribution < -0.4 is 15.8 Å². The van der Waals surface area contributed by atoms with Crippen LogP contribution in [0.3, 0.4) is 0 Å². The lowest BCUT2D eigenvalue weighted by atomic mass is 10.2. The second-order valence-electron chi connectivity index (χ2n) is 5.09. The lowest BCUT2D eigenvalue weighted by Gasteiger charge is -2.03. The molecule has 0 amide bonds. The van der Waals surface area contributed by atoms with E-state index in [0.717, 1.165) is 28.5 Å². The Morgan fingerprint density at radius 3 is 2.65 bits per heavy atom. The van der Waals surface area contributed by atoms with Crippen molar-refractivity contribution in [1.82, 2.24) is 15.0 Å². The number of anilines is 1. The van der Waals surface area contributed by atoms with E-state index in [-0.39, 0.29) is 34.0 Å². The molecular formula is C16H20Br2N6OS. The summed E-state index contributed by atoms with van der Waals surface area (Å²) in [5.41, 5.74) is 8.68. The van der Waals surface area contributed by atoms with Crippen LogP contribution in [0, 0.1) is 6.92 Å². The van der Waals surface area contributed by atoms with Crippen molar-refractivity contribution in [2.24, 2.45) is 10.7 Å². The Kier molecular flexibility index (Phi) is 8.76. The third kappa shape index (κ3) is 5.82. The molecule has 0 fully saturated rings. The summed E-state index contributed by atoms with van der Waals surface area (Å²) in [7, 11) is 1.64. The molecule has 10 heteroatoms. The van der Waals surface area contributed by atoms with E-state index >= 15 is 0 Å². The van der Waals surface area contributed by atoms with Gasteiger partial charge in [-0.05, 0) is 24.6 Å². The van der Waals surface area contributed by atoms with Gasteiger partial charge in [-0.3, -0.25) is 0 Å². The second kappa shape index (κ2) is 10.3. The molecule has 1 aromatic carbocycles. The summed E-state index contributed by atoms with van der Waals surface area (Å²) in [5.74, 6) is 2.00. The van der Waals surface area contributed by atoms with Crippen LogP contribution in [0.4, 0.5) is 5.13 Å². The normalized spacial score (nSPS) is 10.6. The first kappa shape index (κ1) is 22.1. The Bertz CT molecular complexity index is 847. The van der Waals surface area contributed by atoms with E-state index in [1.807, 2.05) is 36.6 Å². The molecule has 7 nitrogen and oxygen atoms in total. The number of ether oxygens (including phenoxy) is 1. The summed E-state index contributed by atoms with van der Waals surface area (Å²) in [6.07, 6.45) is 1.76. The van der Waals surface area contributed by atoms with Crippen LogP contribution in [0.1, 0.15) is 11.4 Å². The van der Waals surface area contributed by atoms with Crippen molar-refractivity contribution in [2.75, 3.05) is 12.4 Å². The van der Waals surface area contributed by atoms with Crippen molar-refractivity contribution >= 4 is 56.4 Å². The minimum absolute atomic E-state index is 0. The largest absolute Gasteiger partial charge is 0.497 e. The number of nitrogens with zero attached hydrogens (tertiary/aromatic N) is 3. The molecule has 0 bridgehead atoms. The van der Waals surface area contributed by atoms with Gasteiger partial charge in [-0.15, -0.1) is 45.3 Å². The van der Waals surface area contributed by atoms with Crippen molar-refractivity contribution in [2.45, 2.75) is 13.5 Å². The number of hydrogen-bond acceptors (Lipinski definition) is 5. The number of aliphatic imine (C=N–C) groups is 1. The molecule has 0 saturated heterocycles. The molecule has 2 aromatic heterocycles. The quantitative estimate of drug-likeness (QED) is 0.361. The highest BCUT2D eigenvalue weighted by atomic mass is 79.9. The van der Waals surface area contributed by atoms with E-state index in [4.69, 9.17) is 10.5 Å². The van der Waals surface area contributed by atoms with Crippen LogP contribution >= 0.6 is 45.3 Å². The van der Waals surface area contributed by atoms with E-state index in [9.17, 15) is 0 Å². The van der Waals surface area contributed by atoms with E-state index in [2.05, 4.69) is 25.3 Å². The Balaban J connectivity index is 0.00000169. The topological polar surface area (TPSA) is 101 Å². The average molecular weight is 504 g/mol. The Morgan fingerprint density at radius 2 is 2.04 bits per heavy atom. The van der Waals surface area contributed by atoms with Gasteiger partial charge >= 0.3 is 0 Å². The lowest BCUT2D eigenvalue weighted by Crippen LogP contribution is -2.22. The number of guanidine groups is 1. The summed E-state index contributed by atoms with van der Waals surface area (Å²) in [5, 5.41) is 5.63. The average Bonchev–Trinajstić information content (AvgIpc) is 3.22. The molecule has 3 aromatic rings. The zero-order valence-electron chi connectivity index (χ0n) is 14.2. The number of aromatic amines is 1. The molecule has 2 heterocycles. The van der Waals surface area contributed by atoms with Crippen molar-refractivity contribution in [3.05, 3.63) is 47.2 Å². The van der Waals surface area contributed by atoms with E-state index in [1.54, 1.807) is 13.3 Å². The van der Waals surface area contributed by atoms with Crippen LogP contribution in [0.2, 0.25) is 0 Å². The smallest absolute Gasteiger partial charge is 0.195 e. The summed E-state index contributed by atoms with van der Waals surface area (Å²) in [4.78, 5) is 16.1. The zero-order chi connectivity index (χ0) is 16.9. The number of nitrogens with one attached hydrogen (secondary N) is 2. The van der Waals surface area contributed by atoms with Crippen LogP contribution in [-0.4, -0.2) is 28.0 Å². The van der Waals surface area contributed by atoms with Gasteiger partial charge in [0.2, 0.25) is 0 Å². The van der Waals surface area contributed by atoms with Crippen molar-refractivity contribution in [3.8, 4) is 17.1 Å². The molecule has 0 aliphatic heterocycles. The maximum absolute atomic E-state index is 5.92. The van der Waals surface area contributed by atoms with Crippen molar-refractivity contribution in [3.63, 3.8) is 0 Å². The molecule has 0 unspecified atom stereocenters. The number of H-pyrrole nitrogens is 1. The van der Waals surface area contributed by atoms with Crippen LogP contribution in [-0.2, 0) is 6.54 Å². The third-order valence-electron chi connectivity index (χ3n) is 3.31. The molecule has 0 saturated carbocycles. The highest BCUT2D eigenvalue weighted by Crippen LogP contribution is 2.23. The summed E-state index contributed by atoms with van der Waals surface area (Å²) in [6.45, 7) is 2.39. The fourth-order valence-electron chi connectivity index (χ4n) is 2.06. The molecule has 3 rings (SSSR count). The first-order valence-corrected chi connectivity index (χ1v) is 8.19. The van der Waals surface area contributed by atoms with Crippen molar-refractivity contribution < 1.29 is 4.74 Å². The van der Waals surface area contributed by atoms with Gasteiger partial charge in [-0.2, -0.15) is 0 Å². The maximum atomic E-state index is 5.92. The number of methoxy groups -OCH3 is 1. The fourth-order valence-corrected chi connectivity index (χ4v) is 2.78. The minimum Gasteiger partial charge on any atom is -0.497 e. The van der Waals surface area contributed by atoms with Crippen molar-refractivity contribution in [1.29, 1.82) is 0 Å². The first-order valence-electron chi connectivity index (χ1n) is 7.31. The predicted octanol–water partition coefficient (Wildman–Crippen LogP) is 3.93. The molecular weight excluding hydrogens is 484 g/mol. The fraction of sp³-hybridized carbons (Fsp3) is 0.188. The lowest BCUT2D eigenvalue weighted by molar-refractivity contribution is 0.414. The summed E-state index contributed by atoms with van der Waals surface area (Å²) >= 11 is 1.46. The minimum atomic E-state index is 0. The SMILES string of the molecule is Br.Br.COc1ccc(CN=C(N)Nc2nc(-c3cnc(C)[nH]3)cs2)cc1. The molecule has 0 spiro atoms. The van der Waals surface area contributed by atoms with Gasteiger partial charge in [0.15, 0.2) is 11.1 Å². The Morgan fingerprint density at radius 1 is 1.31 bits per heavy atom. The maximum Gasteiger partial charge on any atom is 0.195 e. The highest BCUT2D eigenvalue weighted by molar-refractivity contribution is 8.93. The second-order valence-corrected chi connectivity index (χ2v) is 5.95. The summed E-state index contributed by atoms with van der Waals surface area (Å²) < 4.78 is 5.13. The molecule has 0 atom stereocenters. The number of halogens is 2. The number of rotatable bonds is 5. The number of aryl methyl sites for hydroxylation is 1. The molecule has 140 valence electrons. The number of thiazole rings is 1. The molecule has 0 radical (unpaired) electrons. The van der Waals surface area contributed by atoms with Gasteiger partial charge in [0.1, 0.15) is 17.3 Å². The first-order chi connectivity index (χ1) is 11.6. The van der Waals surface area contributed by atoms with Crippen LogP contribution in [0.5, 0.6) is 5.75 Å². The third-order valence-corrected chi connectivity index (χ3v) is 4.07. The monoisotopic (exact) mass is 502 g/mol. The predicted molar refractivity (Wildman–Crippen MR) is 117 cm³/mol. The van der Waals surface area contributed by atoms with Gasteiger partial charge in [0.25, 0.3) is 0 Å². The van der Waals surface area contributed by atoms with E-state index in [1.165, 1.54) is 11.3 Å². The molecule has 4 N–H and O–H groups in total. The number of benzene rings is 1. The van der Waals surface area contributed by atoms with Gasteiger partial charge < -0.3 is 20.8 Å². The number of aromatic nitrogens is 3. The van der Waals surface area contributed by atoms with Gasteiger partial charge in [-0.1, -0.05) is 12.1 Å². The highest BCUT2D eigenvalue weighted by Gasteiger charge is 2.07. The Labute approximate surface area is 176 Å². The van der Waals surface area contributed by atoms with Crippen LogP contribution in [0.25, 0.3) is 11.4 Å². The number of hydrogen-bond donors (Lipinski definition) is 3.